The molecule has 4 heteroatoms. The topological polar surface area (TPSA) is 40.5 Å². The van der Waals surface area contributed by atoms with E-state index in [9.17, 15) is 9.90 Å². The number of carboxylic acid groups (broad SMARTS) is 1. The number of amides is 1. The van der Waals surface area contributed by atoms with E-state index in [1.807, 2.05) is 0 Å². The minimum absolute atomic E-state index is 0.0882. The van der Waals surface area contributed by atoms with Crippen molar-refractivity contribution >= 4 is 22.0 Å². The van der Waals surface area contributed by atoms with Crippen LogP contribution in [0, 0.1) is 10.8 Å². The van der Waals surface area contributed by atoms with Crippen LogP contribution in [0.5, 0.6) is 0 Å². The predicted octanol–water partition coefficient (Wildman–Crippen LogP) is 4.51. The molecule has 0 aromatic heterocycles. The normalized spacial score (nSPS) is 31.7. The molecule has 0 radical (unpaired) electrons. The first kappa shape index (κ1) is 14.9. The first-order valence-corrected chi connectivity index (χ1v) is 8.25. The van der Waals surface area contributed by atoms with Crippen LogP contribution in [-0.2, 0) is 5.41 Å². The van der Waals surface area contributed by atoms with Gasteiger partial charge in [-0.05, 0) is 36.0 Å². The fraction of sp³-hybridized carbons (Fsp3) is 0.588. The lowest BCUT2D eigenvalue weighted by Gasteiger charge is -2.36. The quantitative estimate of drug-likeness (QED) is 0.808. The minimum atomic E-state index is -0.780. The van der Waals surface area contributed by atoms with Crippen molar-refractivity contribution in [2.45, 2.75) is 39.0 Å². The van der Waals surface area contributed by atoms with Crippen molar-refractivity contribution in [3.63, 3.8) is 0 Å². The van der Waals surface area contributed by atoms with Crippen molar-refractivity contribution in [3.8, 4) is 0 Å². The van der Waals surface area contributed by atoms with Crippen LogP contribution in [0.2, 0.25) is 0 Å². The second-order valence-corrected chi connectivity index (χ2v) is 8.49. The van der Waals surface area contributed by atoms with E-state index < -0.39 is 6.09 Å². The monoisotopic (exact) mass is 351 g/mol. The Morgan fingerprint density at radius 3 is 2.38 bits per heavy atom. The highest BCUT2D eigenvalue weighted by molar-refractivity contribution is 9.10. The van der Waals surface area contributed by atoms with E-state index in [1.165, 1.54) is 5.56 Å². The van der Waals surface area contributed by atoms with Crippen LogP contribution in [0.3, 0.4) is 0 Å². The summed E-state index contributed by atoms with van der Waals surface area (Å²) in [5.74, 6) is 0. The lowest BCUT2D eigenvalue weighted by atomic mass is 9.68. The van der Waals surface area contributed by atoms with Crippen LogP contribution in [-0.4, -0.2) is 29.2 Å². The average Bonchev–Trinajstić information content (AvgIpc) is 2.84. The van der Waals surface area contributed by atoms with E-state index in [0.29, 0.717) is 13.1 Å². The number of rotatable bonds is 1. The molecule has 114 valence electrons. The summed E-state index contributed by atoms with van der Waals surface area (Å²) in [7, 11) is 0. The summed E-state index contributed by atoms with van der Waals surface area (Å²) in [6.45, 7) is 8.20. The van der Waals surface area contributed by atoms with Crippen LogP contribution < -0.4 is 0 Å². The molecule has 1 aromatic carbocycles. The molecule has 2 atom stereocenters. The van der Waals surface area contributed by atoms with Gasteiger partial charge >= 0.3 is 6.09 Å². The van der Waals surface area contributed by atoms with Crippen molar-refractivity contribution in [1.82, 2.24) is 4.90 Å². The zero-order chi connectivity index (χ0) is 15.5. The summed E-state index contributed by atoms with van der Waals surface area (Å²) < 4.78 is 1.09. The highest BCUT2D eigenvalue weighted by atomic mass is 79.9. The van der Waals surface area contributed by atoms with Gasteiger partial charge in [0.2, 0.25) is 0 Å². The van der Waals surface area contributed by atoms with Crippen LogP contribution in [0.15, 0.2) is 28.7 Å². The van der Waals surface area contributed by atoms with E-state index in [2.05, 4.69) is 61.0 Å². The van der Waals surface area contributed by atoms with Gasteiger partial charge < -0.3 is 10.0 Å². The Hall–Kier alpha value is -1.03. The molecule has 1 spiro atoms. The molecule has 2 aliphatic rings. The van der Waals surface area contributed by atoms with Crippen molar-refractivity contribution in [1.29, 1.82) is 0 Å². The molecule has 1 aromatic rings. The fourth-order valence-corrected chi connectivity index (χ4v) is 4.89. The van der Waals surface area contributed by atoms with Crippen molar-refractivity contribution in [2.75, 3.05) is 13.1 Å². The second-order valence-electron chi connectivity index (χ2n) is 7.57. The number of likely N-dealkylation sites (tertiary alicyclic amines) is 1. The van der Waals surface area contributed by atoms with Gasteiger partial charge in [0, 0.05) is 28.4 Å². The number of hydrogen-bond donors (Lipinski definition) is 1. The van der Waals surface area contributed by atoms with Crippen LogP contribution >= 0.6 is 15.9 Å². The first-order chi connectivity index (χ1) is 9.72. The number of nitrogens with zero attached hydrogens (tertiary/aromatic N) is 1. The maximum absolute atomic E-state index is 11.3. The molecule has 1 aliphatic carbocycles. The van der Waals surface area contributed by atoms with Gasteiger partial charge in [0.1, 0.15) is 0 Å². The van der Waals surface area contributed by atoms with E-state index >= 15 is 0 Å². The Bertz CT molecular complexity index is 577. The van der Waals surface area contributed by atoms with Crippen LogP contribution in [0.25, 0.3) is 0 Å². The summed E-state index contributed by atoms with van der Waals surface area (Å²) in [6.07, 6.45) is 1.29. The molecule has 2 unspecified atom stereocenters. The van der Waals surface area contributed by atoms with Gasteiger partial charge in [0.25, 0.3) is 0 Å². The van der Waals surface area contributed by atoms with Crippen molar-refractivity contribution in [2.24, 2.45) is 10.8 Å². The molecule has 3 nitrogen and oxygen atoms in total. The average molecular weight is 352 g/mol. The van der Waals surface area contributed by atoms with Gasteiger partial charge in [0.15, 0.2) is 0 Å². The van der Waals surface area contributed by atoms with Gasteiger partial charge in [-0.2, -0.15) is 0 Å². The largest absolute Gasteiger partial charge is 0.465 e. The van der Waals surface area contributed by atoms with Crippen LogP contribution in [0.4, 0.5) is 4.79 Å². The molecule has 1 saturated heterocycles. The summed E-state index contributed by atoms with van der Waals surface area (Å²) in [5.41, 5.74) is 1.68. The number of benzene rings is 1. The molecule has 21 heavy (non-hydrogen) atoms. The van der Waals surface area contributed by atoms with E-state index in [-0.39, 0.29) is 16.2 Å². The maximum Gasteiger partial charge on any atom is 0.407 e. The summed E-state index contributed by atoms with van der Waals surface area (Å²) in [4.78, 5) is 12.9. The Morgan fingerprint density at radius 1 is 1.29 bits per heavy atom. The molecule has 1 heterocycles. The Balaban J connectivity index is 2.00. The molecule has 2 fully saturated rings. The highest BCUT2D eigenvalue weighted by Gasteiger charge is 2.74. The summed E-state index contributed by atoms with van der Waals surface area (Å²) in [6, 6.07) is 8.60. The maximum atomic E-state index is 11.3. The Labute approximate surface area is 134 Å². The third kappa shape index (κ3) is 2.02. The van der Waals surface area contributed by atoms with Gasteiger partial charge in [-0.1, -0.05) is 48.8 Å². The molecular weight excluding hydrogens is 330 g/mol. The molecule has 3 rings (SSSR count). The minimum Gasteiger partial charge on any atom is -0.465 e. The van der Waals surface area contributed by atoms with Crippen molar-refractivity contribution < 1.29 is 9.90 Å². The molecule has 1 N–H and O–H groups in total. The van der Waals surface area contributed by atoms with Gasteiger partial charge in [-0.15, -0.1) is 0 Å². The lowest BCUT2D eigenvalue weighted by molar-refractivity contribution is 0.150. The molecular formula is C17H22BrNO2. The molecule has 1 saturated carbocycles. The van der Waals surface area contributed by atoms with Crippen LogP contribution in [0.1, 0.15) is 39.2 Å². The van der Waals surface area contributed by atoms with E-state index in [1.54, 1.807) is 4.90 Å². The zero-order valence-corrected chi connectivity index (χ0v) is 14.4. The standard InChI is InChI=1S/C17H22BrNO2/c1-15(2,3)17(12-4-6-13(18)7-5-12)10-16(17)8-9-19(11-16)14(20)21/h4-7H,8-11H2,1-3H3,(H,20,21). The van der Waals surface area contributed by atoms with Gasteiger partial charge in [-0.3, -0.25) is 0 Å². The third-order valence-corrected chi connectivity index (χ3v) is 6.15. The lowest BCUT2D eigenvalue weighted by Crippen LogP contribution is -2.35. The van der Waals surface area contributed by atoms with Gasteiger partial charge in [-0.25, -0.2) is 4.79 Å². The zero-order valence-electron chi connectivity index (χ0n) is 12.8. The third-order valence-electron chi connectivity index (χ3n) is 5.63. The second kappa shape index (κ2) is 4.48. The molecule has 1 aliphatic heterocycles. The molecule has 1 amide bonds. The summed E-state index contributed by atoms with van der Waals surface area (Å²) in [5, 5.41) is 9.27. The first-order valence-electron chi connectivity index (χ1n) is 7.46. The smallest absolute Gasteiger partial charge is 0.407 e. The molecule has 0 bridgehead atoms. The van der Waals surface area contributed by atoms with Gasteiger partial charge in [0.05, 0.1) is 0 Å². The van der Waals surface area contributed by atoms with E-state index in [0.717, 1.165) is 17.3 Å². The SMILES string of the molecule is CC(C)(C)C1(c2ccc(Br)cc2)CC12CCN(C(=O)O)C2. The van der Waals surface area contributed by atoms with E-state index in [4.69, 9.17) is 0 Å². The Kier molecular flexibility index (Phi) is 3.18. The fourth-order valence-electron chi connectivity index (χ4n) is 4.63. The van der Waals surface area contributed by atoms with Crippen molar-refractivity contribution in [3.05, 3.63) is 34.3 Å². The Morgan fingerprint density at radius 2 is 1.90 bits per heavy atom. The number of carbonyl (C=O) groups is 1. The highest BCUT2D eigenvalue weighted by Crippen LogP contribution is 2.75. The number of hydrogen-bond acceptors (Lipinski definition) is 1. The number of halogens is 1. The predicted molar refractivity (Wildman–Crippen MR) is 86.5 cm³/mol. The summed E-state index contributed by atoms with van der Waals surface area (Å²) >= 11 is 3.50.